The number of nitrogens with one attached hydrogen (secondary N) is 1. The summed E-state index contributed by atoms with van der Waals surface area (Å²) in [6.45, 7) is 8.65. The van der Waals surface area contributed by atoms with Crippen molar-refractivity contribution in [3.63, 3.8) is 0 Å². The minimum Gasteiger partial charge on any atom is -0.326 e. The second-order valence-corrected chi connectivity index (χ2v) is 8.99. The minimum atomic E-state index is -0.799. The van der Waals surface area contributed by atoms with Gasteiger partial charge in [-0.25, -0.2) is 0 Å². The normalized spacial score (nSPS) is 21.1. The van der Waals surface area contributed by atoms with Gasteiger partial charge in [-0.15, -0.1) is 0 Å². The first-order chi connectivity index (χ1) is 12.5. The van der Waals surface area contributed by atoms with E-state index in [1.165, 1.54) is 4.90 Å². The lowest BCUT2D eigenvalue weighted by Gasteiger charge is -2.35. The van der Waals surface area contributed by atoms with Crippen LogP contribution in [0.1, 0.15) is 51.7 Å². The summed E-state index contributed by atoms with van der Waals surface area (Å²) in [6, 6.07) is 4.53. The van der Waals surface area contributed by atoms with Crippen molar-refractivity contribution in [2.24, 2.45) is 16.9 Å². The molecule has 0 aliphatic carbocycles. The van der Waals surface area contributed by atoms with Crippen LogP contribution in [0.15, 0.2) is 18.2 Å². The smallest absolute Gasteiger partial charge is 0.249 e. The van der Waals surface area contributed by atoms with E-state index in [9.17, 15) is 9.59 Å². The zero-order valence-electron chi connectivity index (χ0n) is 16.6. The Bertz CT molecular complexity index is 708. The Kier molecular flexibility index (Phi) is 6.68. The molecule has 1 heterocycles. The molecule has 1 aromatic carbocycles. The fraction of sp³-hybridized carbons (Fsp3) is 0.600. The lowest BCUT2D eigenvalue weighted by molar-refractivity contribution is -0.151. The van der Waals surface area contributed by atoms with Crippen molar-refractivity contribution in [3.8, 4) is 0 Å². The number of hydrogen-bond donors (Lipinski definition) is 3. The van der Waals surface area contributed by atoms with Gasteiger partial charge in [0.15, 0.2) is 0 Å². The third kappa shape index (κ3) is 4.88. The molecule has 7 heteroatoms. The molecule has 1 aliphatic rings. The molecule has 0 bridgehead atoms. The van der Waals surface area contributed by atoms with E-state index in [-0.39, 0.29) is 18.4 Å². The summed E-state index contributed by atoms with van der Waals surface area (Å²) in [5.74, 6) is -0.641. The van der Waals surface area contributed by atoms with Gasteiger partial charge in [-0.1, -0.05) is 38.4 Å². The fourth-order valence-electron chi connectivity index (χ4n) is 3.27. The van der Waals surface area contributed by atoms with E-state index in [1.807, 2.05) is 33.8 Å². The van der Waals surface area contributed by atoms with Crippen LogP contribution >= 0.6 is 11.6 Å². The van der Waals surface area contributed by atoms with Crippen LogP contribution in [0.4, 0.5) is 0 Å². The third-order valence-corrected chi connectivity index (χ3v) is 5.50. The number of halogens is 1. The fourth-order valence-corrected chi connectivity index (χ4v) is 3.47. The second-order valence-electron chi connectivity index (χ2n) is 8.55. The van der Waals surface area contributed by atoms with Gasteiger partial charge >= 0.3 is 0 Å². The highest BCUT2D eigenvalue weighted by atomic mass is 35.5. The van der Waals surface area contributed by atoms with Gasteiger partial charge in [0.25, 0.3) is 0 Å². The van der Waals surface area contributed by atoms with Gasteiger partial charge in [0, 0.05) is 11.6 Å². The topological polar surface area (TPSA) is 101 Å². The standard InChI is InChI=1S/C20H31ClN4O2/c1-19(2,3)16(23)17(26)25(18(27)20(4)8-5-9-24-20)12-14-10-15(21)7-6-13(14)11-22/h6-7,10,16,24H,5,8-9,11-12,22-23H2,1-4H3/t16-,20-/m0/s1. The first-order valence-corrected chi connectivity index (χ1v) is 9.71. The van der Waals surface area contributed by atoms with E-state index in [0.717, 1.165) is 24.1 Å². The van der Waals surface area contributed by atoms with E-state index in [0.29, 0.717) is 18.0 Å². The average molecular weight is 395 g/mol. The first kappa shape index (κ1) is 21.8. The Morgan fingerprint density at radius 2 is 2.00 bits per heavy atom. The quantitative estimate of drug-likeness (QED) is 0.710. The Morgan fingerprint density at radius 1 is 1.33 bits per heavy atom. The van der Waals surface area contributed by atoms with Gasteiger partial charge in [-0.3, -0.25) is 14.5 Å². The van der Waals surface area contributed by atoms with Gasteiger partial charge in [-0.05, 0) is 55.0 Å². The molecular formula is C20H31ClN4O2. The van der Waals surface area contributed by atoms with Gasteiger partial charge in [-0.2, -0.15) is 0 Å². The van der Waals surface area contributed by atoms with E-state index < -0.39 is 17.0 Å². The van der Waals surface area contributed by atoms with Crippen LogP contribution in [0.25, 0.3) is 0 Å². The van der Waals surface area contributed by atoms with Crippen LogP contribution < -0.4 is 16.8 Å². The van der Waals surface area contributed by atoms with E-state index >= 15 is 0 Å². The Labute approximate surface area is 166 Å². The molecule has 5 N–H and O–H groups in total. The predicted molar refractivity (Wildman–Crippen MR) is 108 cm³/mol. The summed E-state index contributed by atoms with van der Waals surface area (Å²) in [7, 11) is 0. The second kappa shape index (κ2) is 8.27. The molecule has 0 unspecified atom stereocenters. The number of hydrogen-bond acceptors (Lipinski definition) is 5. The van der Waals surface area contributed by atoms with Crippen LogP contribution in [-0.2, 0) is 22.7 Å². The van der Waals surface area contributed by atoms with Crippen molar-refractivity contribution in [2.45, 2.75) is 65.2 Å². The summed E-state index contributed by atoms with van der Waals surface area (Å²) >= 11 is 6.14. The van der Waals surface area contributed by atoms with Crippen molar-refractivity contribution >= 4 is 23.4 Å². The van der Waals surface area contributed by atoms with Crippen LogP contribution in [0.3, 0.4) is 0 Å². The number of nitrogens with zero attached hydrogens (tertiary/aromatic N) is 1. The number of amides is 2. The third-order valence-electron chi connectivity index (χ3n) is 5.27. The van der Waals surface area contributed by atoms with Crippen LogP contribution in [0.5, 0.6) is 0 Å². The molecule has 0 saturated carbocycles. The van der Waals surface area contributed by atoms with Gasteiger partial charge < -0.3 is 16.8 Å². The average Bonchev–Trinajstić information content (AvgIpc) is 3.05. The largest absolute Gasteiger partial charge is 0.326 e. The van der Waals surface area contributed by atoms with E-state index in [1.54, 1.807) is 12.1 Å². The number of imide groups is 1. The Hall–Kier alpha value is -1.47. The molecule has 0 radical (unpaired) electrons. The molecule has 0 aromatic heterocycles. The summed E-state index contributed by atoms with van der Waals surface area (Å²) in [5.41, 5.74) is 12.4. The monoisotopic (exact) mass is 394 g/mol. The molecule has 2 rings (SSSR count). The predicted octanol–water partition coefficient (Wildman–Crippen LogP) is 2.17. The summed E-state index contributed by atoms with van der Waals surface area (Å²) in [5, 5.41) is 3.77. The molecule has 150 valence electrons. The highest BCUT2D eigenvalue weighted by Crippen LogP contribution is 2.27. The number of carbonyl (C=O) groups excluding carboxylic acids is 2. The van der Waals surface area contributed by atoms with E-state index in [4.69, 9.17) is 23.1 Å². The summed E-state index contributed by atoms with van der Waals surface area (Å²) < 4.78 is 0. The Balaban J connectivity index is 2.42. The molecule has 1 aromatic rings. The first-order valence-electron chi connectivity index (χ1n) is 9.33. The van der Waals surface area contributed by atoms with Gasteiger partial charge in [0.2, 0.25) is 11.8 Å². The van der Waals surface area contributed by atoms with Crippen LogP contribution in [-0.4, -0.2) is 34.8 Å². The maximum atomic E-state index is 13.4. The number of nitrogens with two attached hydrogens (primary N) is 2. The SMILES string of the molecule is CC(C)(C)[C@@H](N)C(=O)N(Cc1cc(Cl)ccc1CN)C(=O)[C@]1(C)CCCN1. The maximum Gasteiger partial charge on any atom is 0.249 e. The lowest BCUT2D eigenvalue weighted by atomic mass is 9.86. The molecular weight excluding hydrogens is 364 g/mol. The Morgan fingerprint density at radius 3 is 2.52 bits per heavy atom. The van der Waals surface area contributed by atoms with Crippen LogP contribution in [0, 0.1) is 5.41 Å². The number of rotatable bonds is 5. The summed E-state index contributed by atoms with van der Waals surface area (Å²) in [6.07, 6.45) is 1.57. The zero-order chi connectivity index (χ0) is 20.4. The van der Waals surface area contributed by atoms with E-state index in [2.05, 4.69) is 5.32 Å². The molecule has 2 atom stereocenters. The highest BCUT2D eigenvalue weighted by molar-refractivity contribution is 6.30. The molecule has 1 fully saturated rings. The lowest BCUT2D eigenvalue weighted by Crippen LogP contribution is -2.59. The van der Waals surface area contributed by atoms with Crippen molar-refractivity contribution < 1.29 is 9.59 Å². The number of carbonyl (C=O) groups is 2. The van der Waals surface area contributed by atoms with Gasteiger partial charge in [0.1, 0.15) is 0 Å². The van der Waals surface area contributed by atoms with Crippen molar-refractivity contribution in [1.29, 1.82) is 0 Å². The molecule has 1 aliphatic heterocycles. The highest BCUT2D eigenvalue weighted by Gasteiger charge is 2.43. The number of benzene rings is 1. The molecule has 0 spiro atoms. The van der Waals surface area contributed by atoms with Crippen molar-refractivity contribution in [2.75, 3.05) is 6.54 Å². The molecule has 2 amide bonds. The zero-order valence-corrected chi connectivity index (χ0v) is 17.4. The maximum absolute atomic E-state index is 13.4. The minimum absolute atomic E-state index is 0.103. The van der Waals surface area contributed by atoms with Gasteiger partial charge in [0.05, 0.1) is 18.1 Å². The molecule has 1 saturated heterocycles. The molecule has 6 nitrogen and oxygen atoms in total. The molecule has 27 heavy (non-hydrogen) atoms. The van der Waals surface area contributed by atoms with Crippen molar-refractivity contribution in [3.05, 3.63) is 34.3 Å². The van der Waals surface area contributed by atoms with Crippen LogP contribution in [0.2, 0.25) is 5.02 Å². The van der Waals surface area contributed by atoms with Crippen molar-refractivity contribution in [1.82, 2.24) is 10.2 Å². The summed E-state index contributed by atoms with van der Waals surface area (Å²) in [4.78, 5) is 27.8.